The van der Waals surface area contributed by atoms with Gasteiger partial charge in [0.15, 0.2) is 5.96 Å². The Morgan fingerprint density at radius 3 is 2.85 bits per heavy atom. The molecule has 0 aromatic heterocycles. The van der Waals surface area contributed by atoms with E-state index >= 15 is 0 Å². The Morgan fingerprint density at radius 1 is 1.33 bits per heavy atom. The molecule has 0 saturated carbocycles. The van der Waals surface area contributed by atoms with Crippen molar-refractivity contribution in [1.29, 1.82) is 0 Å². The van der Waals surface area contributed by atoms with Gasteiger partial charge in [-0.3, -0.25) is 0 Å². The molecule has 3 N–H and O–H groups in total. The summed E-state index contributed by atoms with van der Waals surface area (Å²) in [6.07, 6.45) is 3.80. The number of anilines is 1. The molecule has 2 heterocycles. The second-order valence-electron chi connectivity index (χ2n) is 7.29. The number of likely N-dealkylation sites (tertiary alicyclic amines) is 1. The topological polar surface area (TPSA) is 83.2 Å². The summed E-state index contributed by atoms with van der Waals surface area (Å²) >= 11 is 0. The number of nitrogens with zero attached hydrogens (tertiary/aromatic N) is 3. The van der Waals surface area contributed by atoms with Crippen molar-refractivity contribution in [2.75, 3.05) is 38.2 Å². The van der Waals surface area contributed by atoms with Crippen LogP contribution in [0.3, 0.4) is 0 Å². The Kier molecular flexibility index (Phi) is 6.42. The Bertz CT molecular complexity index is 683. The maximum Gasteiger partial charge on any atom is 0.409 e. The summed E-state index contributed by atoms with van der Waals surface area (Å²) in [7, 11) is 2.14. The first kappa shape index (κ1) is 19.3. The third-order valence-corrected chi connectivity index (χ3v) is 5.30. The molecular weight excluding hydrogens is 342 g/mol. The van der Waals surface area contributed by atoms with Crippen molar-refractivity contribution < 1.29 is 9.53 Å². The largest absolute Gasteiger partial charge is 0.450 e. The van der Waals surface area contributed by atoms with Gasteiger partial charge in [0, 0.05) is 38.4 Å². The Balaban J connectivity index is 1.48. The molecule has 1 aromatic rings. The number of ether oxygens (including phenoxy) is 1. The lowest BCUT2D eigenvalue weighted by Crippen LogP contribution is -2.48. The van der Waals surface area contributed by atoms with Crippen molar-refractivity contribution >= 4 is 17.7 Å². The molecule has 0 atom stereocenters. The number of benzene rings is 1. The zero-order valence-electron chi connectivity index (χ0n) is 16.4. The van der Waals surface area contributed by atoms with Crippen LogP contribution >= 0.6 is 0 Å². The molecule has 1 amide bonds. The van der Waals surface area contributed by atoms with Crippen LogP contribution in [0.5, 0.6) is 0 Å². The molecule has 1 fully saturated rings. The number of guanidine groups is 1. The molecule has 0 unspecified atom stereocenters. The van der Waals surface area contributed by atoms with Gasteiger partial charge in [0.2, 0.25) is 0 Å². The van der Waals surface area contributed by atoms with E-state index in [2.05, 4.69) is 40.5 Å². The van der Waals surface area contributed by atoms with Crippen LogP contribution in [0.4, 0.5) is 10.5 Å². The molecule has 3 rings (SSSR count). The Hall–Kier alpha value is -2.44. The normalized spacial score (nSPS) is 18.2. The van der Waals surface area contributed by atoms with Crippen molar-refractivity contribution in [2.24, 2.45) is 10.7 Å². The van der Waals surface area contributed by atoms with Gasteiger partial charge in [-0.2, -0.15) is 0 Å². The molecule has 2 aliphatic heterocycles. The molecule has 7 heteroatoms. The highest BCUT2D eigenvalue weighted by atomic mass is 16.6. The lowest BCUT2D eigenvalue weighted by molar-refractivity contribution is 0.0963. The standard InChI is InChI=1S/C20H31N5O2/c1-3-27-20(26)25-11-8-17(9-12-25)23-19(21)22-14-15-6-7-18-16(13-15)5-4-10-24(18)2/h6-7,13,17H,3-5,8-12,14H2,1-2H3,(H3,21,22,23). The van der Waals surface area contributed by atoms with Crippen LogP contribution in [0.15, 0.2) is 23.2 Å². The van der Waals surface area contributed by atoms with Crippen molar-refractivity contribution in [3.05, 3.63) is 29.3 Å². The average Bonchev–Trinajstić information content (AvgIpc) is 2.67. The number of piperidine rings is 1. The SMILES string of the molecule is CCOC(=O)N1CCC(NC(N)=NCc2ccc3c(c2)CCCN3C)CC1. The molecule has 0 aliphatic carbocycles. The number of aryl methyl sites for hydroxylation is 1. The van der Waals surface area contributed by atoms with Crippen LogP contribution in [0, 0.1) is 0 Å². The average molecular weight is 374 g/mol. The summed E-state index contributed by atoms with van der Waals surface area (Å²) in [6, 6.07) is 6.82. The highest BCUT2D eigenvalue weighted by molar-refractivity contribution is 5.78. The van der Waals surface area contributed by atoms with E-state index < -0.39 is 0 Å². The first-order valence-corrected chi connectivity index (χ1v) is 9.88. The fourth-order valence-electron chi connectivity index (χ4n) is 3.79. The molecule has 0 bridgehead atoms. The Labute approximate surface area is 161 Å². The second-order valence-corrected chi connectivity index (χ2v) is 7.29. The van der Waals surface area contributed by atoms with Crippen LogP contribution in [-0.2, 0) is 17.7 Å². The molecule has 1 saturated heterocycles. The number of hydrogen-bond acceptors (Lipinski definition) is 4. The van der Waals surface area contributed by atoms with Gasteiger partial charge in [0.05, 0.1) is 13.2 Å². The number of rotatable bonds is 4. The van der Waals surface area contributed by atoms with E-state index in [1.54, 1.807) is 4.90 Å². The maximum absolute atomic E-state index is 11.7. The monoisotopic (exact) mass is 373 g/mol. The van der Waals surface area contributed by atoms with Crippen LogP contribution < -0.4 is 16.0 Å². The van der Waals surface area contributed by atoms with Gasteiger partial charge >= 0.3 is 6.09 Å². The number of nitrogens with one attached hydrogen (secondary N) is 1. The van der Waals surface area contributed by atoms with E-state index in [0.717, 1.165) is 25.8 Å². The number of hydrogen-bond donors (Lipinski definition) is 2. The first-order valence-electron chi connectivity index (χ1n) is 9.88. The summed E-state index contributed by atoms with van der Waals surface area (Å²) in [4.78, 5) is 20.3. The van der Waals surface area contributed by atoms with Crippen molar-refractivity contribution in [2.45, 2.75) is 45.2 Å². The number of carbonyl (C=O) groups is 1. The van der Waals surface area contributed by atoms with E-state index in [9.17, 15) is 4.79 Å². The van der Waals surface area contributed by atoms with Gasteiger partial charge in [0.1, 0.15) is 0 Å². The van der Waals surface area contributed by atoms with Crippen LogP contribution in [0.25, 0.3) is 0 Å². The van der Waals surface area contributed by atoms with Crippen LogP contribution in [0.2, 0.25) is 0 Å². The summed E-state index contributed by atoms with van der Waals surface area (Å²) in [5.74, 6) is 0.472. The highest BCUT2D eigenvalue weighted by Crippen LogP contribution is 2.27. The molecule has 27 heavy (non-hydrogen) atoms. The smallest absolute Gasteiger partial charge is 0.409 e. The minimum Gasteiger partial charge on any atom is -0.450 e. The van der Waals surface area contributed by atoms with Crippen molar-refractivity contribution in [3.8, 4) is 0 Å². The lowest BCUT2D eigenvalue weighted by atomic mass is 10.00. The highest BCUT2D eigenvalue weighted by Gasteiger charge is 2.23. The fourth-order valence-corrected chi connectivity index (χ4v) is 3.79. The van der Waals surface area contributed by atoms with E-state index in [-0.39, 0.29) is 12.1 Å². The zero-order valence-corrected chi connectivity index (χ0v) is 16.4. The van der Waals surface area contributed by atoms with Gasteiger partial charge in [0.25, 0.3) is 0 Å². The fraction of sp³-hybridized carbons (Fsp3) is 0.600. The van der Waals surface area contributed by atoms with Gasteiger partial charge in [-0.25, -0.2) is 9.79 Å². The molecule has 148 valence electrons. The number of carbonyl (C=O) groups excluding carboxylic acids is 1. The van der Waals surface area contributed by atoms with Crippen molar-refractivity contribution in [1.82, 2.24) is 10.2 Å². The summed E-state index contributed by atoms with van der Waals surface area (Å²) < 4.78 is 5.05. The lowest BCUT2D eigenvalue weighted by Gasteiger charge is -2.31. The minimum absolute atomic E-state index is 0.226. The van der Waals surface area contributed by atoms with E-state index in [4.69, 9.17) is 10.5 Å². The quantitative estimate of drug-likeness (QED) is 0.624. The van der Waals surface area contributed by atoms with Crippen LogP contribution in [-0.4, -0.2) is 56.3 Å². The molecular formula is C20H31N5O2. The molecule has 1 aromatic carbocycles. The number of aliphatic imine (C=N–C) groups is 1. The van der Waals surface area contributed by atoms with Crippen LogP contribution in [0.1, 0.15) is 37.3 Å². The Morgan fingerprint density at radius 2 is 2.11 bits per heavy atom. The number of nitrogens with two attached hydrogens (primary N) is 1. The van der Waals surface area contributed by atoms with Gasteiger partial charge in [-0.05, 0) is 49.8 Å². The number of amides is 1. The van der Waals surface area contributed by atoms with Gasteiger partial charge in [-0.1, -0.05) is 12.1 Å². The van der Waals surface area contributed by atoms with E-state index in [1.165, 1.54) is 23.2 Å². The van der Waals surface area contributed by atoms with E-state index in [0.29, 0.717) is 32.2 Å². The third kappa shape index (κ3) is 5.05. The first-order chi connectivity index (χ1) is 13.1. The summed E-state index contributed by atoms with van der Waals surface area (Å²) in [5, 5.41) is 3.29. The van der Waals surface area contributed by atoms with E-state index in [1.807, 2.05) is 6.92 Å². The molecule has 0 radical (unpaired) electrons. The molecule has 2 aliphatic rings. The predicted molar refractivity (Wildman–Crippen MR) is 108 cm³/mol. The summed E-state index contributed by atoms with van der Waals surface area (Å²) in [6.45, 7) is 5.30. The van der Waals surface area contributed by atoms with Crippen molar-refractivity contribution in [3.63, 3.8) is 0 Å². The van der Waals surface area contributed by atoms with Gasteiger partial charge < -0.3 is 25.6 Å². The predicted octanol–water partition coefficient (Wildman–Crippen LogP) is 2.09. The second kappa shape index (κ2) is 8.97. The zero-order chi connectivity index (χ0) is 19.2. The minimum atomic E-state index is -0.226. The molecule has 7 nitrogen and oxygen atoms in total. The van der Waals surface area contributed by atoms with Gasteiger partial charge in [-0.15, -0.1) is 0 Å². The summed E-state index contributed by atoms with van der Waals surface area (Å²) in [5.41, 5.74) is 9.99. The number of fused-ring (bicyclic) bond motifs is 1. The third-order valence-electron chi connectivity index (χ3n) is 5.30. The maximum atomic E-state index is 11.7. The molecule has 0 spiro atoms.